The van der Waals surface area contributed by atoms with Crippen LogP contribution in [0.15, 0.2) is 49.3 Å². The number of fused-ring (bicyclic) bond motifs is 2. The first-order valence-electron chi connectivity index (χ1n) is 10.7. The summed E-state index contributed by atoms with van der Waals surface area (Å²) in [5.74, 6) is 2.15. The second kappa shape index (κ2) is 8.38. The van der Waals surface area contributed by atoms with Crippen molar-refractivity contribution < 1.29 is 14.3 Å². The number of carbonyl (C=O) groups is 1. The molecule has 4 heterocycles. The van der Waals surface area contributed by atoms with Gasteiger partial charge in [0.2, 0.25) is 5.91 Å². The SMILES string of the molecule is C=CCOc1ccc([C@H]2CC(=O)Nc3c2c(C)nn3-c2ccc3nncn3n2)cc1OCC. The van der Waals surface area contributed by atoms with E-state index in [2.05, 4.69) is 27.2 Å². The van der Waals surface area contributed by atoms with Crippen LogP contribution in [0, 0.1) is 6.92 Å². The summed E-state index contributed by atoms with van der Waals surface area (Å²) in [6.45, 7) is 8.43. The Hall–Kier alpha value is -4.21. The van der Waals surface area contributed by atoms with Gasteiger partial charge in [-0.05, 0) is 43.7 Å². The van der Waals surface area contributed by atoms with Crippen molar-refractivity contribution in [3.8, 4) is 17.3 Å². The number of amides is 1. The number of rotatable bonds is 7. The third-order valence-electron chi connectivity index (χ3n) is 5.49. The molecule has 10 nitrogen and oxygen atoms in total. The number of aryl methyl sites for hydroxylation is 1. The second-order valence-corrected chi connectivity index (χ2v) is 7.63. The number of nitrogens with zero attached hydrogens (tertiary/aromatic N) is 6. The van der Waals surface area contributed by atoms with Crippen LogP contribution in [0.1, 0.15) is 36.1 Å². The third-order valence-corrected chi connectivity index (χ3v) is 5.49. The summed E-state index contributed by atoms with van der Waals surface area (Å²) in [5.41, 5.74) is 3.33. The lowest BCUT2D eigenvalue weighted by Crippen LogP contribution is -2.25. The molecule has 4 aromatic rings. The van der Waals surface area contributed by atoms with Crippen LogP contribution in [0.25, 0.3) is 11.5 Å². The fourth-order valence-electron chi connectivity index (χ4n) is 4.11. The van der Waals surface area contributed by atoms with Gasteiger partial charge in [-0.15, -0.1) is 15.3 Å². The van der Waals surface area contributed by atoms with Crippen LogP contribution in [0.4, 0.5) is 5.82 Å². The maximum absolute atomic E-state index is 12.7. The van der Waals surface area contributed by atoms with Crippen LogP contribution in [-0.2, 0) is 4.79 Å². The Morgan fingerprint density at radius 3 is 2.91 bits per heavy atom. The molecule has 1 aliphatic heterocycles. The Bertz CT molecular complexity index is 1360. The number of ether oxygens (including phenoxy) is 2. The van der Waals surface area contributed by atoms with Crippen molar-refractivity contribution >= 4 is 17.4 Å². The second-order valence-electron chi connectivity index (χ2n) is 7.63. The minimum Gasteiger partial charge on any atom is -0.490 e. The fraction of sp³-hybridized carbons (Fsp3) is 0.261. The molecule has 33 heavy (non-hydrogen) atoms. The molecule has 1 N–H and O–H groups in total. The molecule has 0 saturated heterocycles. The summed E-state index contributed by atoms with van der Waals surface area (Å²) < 4.78 is 14.8. The number of hydrogen-bond donors (Lipinski definition) is 1. The van der Waals surface area contributed by atoms with Crippen LogP contribution in [0.2, 0.25) is 0 Å². The summed E-state index contributed by atoms with van der Waals surface area (Å²) in [7, 11) is 0. The smallest absolute Gasteiger partial charge is 0.226 e. The van der Waals surface area contributed by atoms with E-state index in [4.69, 9.17) is 14.6 Å². The van der Waals surface area contributed by atoms with Gasteiger partial charge in [0.1, 0.15) is 18.8 Å². The molecule has 168 valence electrons. The Labute approximate surface area is 189 Å². The number of anilines is 1. The molecule has 3 aromatic heterocycles. The van der Waals surface area contributed by atoms with Gasteiger partial charge in [-0.3, -0.25) is 4.79 Å². The molecule has 1 aromatic carbocycles. The van der Waals surface area contributed by atoms with Gasteiger partial charge in [-0.1, -0.05) is 18.7 Å². The number of benzene rings is 1. The van der Waals surface area contributed by atoms with Crippen LogP contribution in [0.5, 0.6) is 11.5 Å². The van der Waals surface area contributed by atoms with E-state index in [1.165, 1.54) is 6.33 Å². The van der Waals surface area contributed by atoms with Crippen molar-refractivity contribution in [3.63, 3.8) is 0 Å². The van der Waals surface area contributed by atoms with E-state index in [-0.39, 0.29) is 11.8 Å². The first-order chi connectivity index (χ1) is 16.1. The molecule has 1 aliphatic rings. The molecular weight excluding hydrogens is 422 g/mol. The van der Waals surface area contributed by atoms with Crippen molar-refractivity contribution in [2.75, 3.05) is 18.5 Å². The zero-order valence-electron chi connectivity index (χ0n) is 18.4. The van der Waals surface area contributed by atoms with E-state index in [0.717, 1.165) is 16.8 Å². The number of aromatic nitrogens is 6. The molecule has 10 heteroatoms. The minimum atomic E-state index is -0.186. The van der Waals surface area contributed by atoms with Gasteiger partial charge in [0.15, 0.2) is 23.0 Å². The first-order valence-corrected chi connectivity index (χ1v) is 10.7. The van der Waals surface area contributed by atoms with Crippen LogP contribution >= 0.6 is 0 Å². The van der Waals surface area contributed by atoms with E-state index in [9.17, 15) is 4.79 Å². The highest BCUT2D eigenvalue weighted by atomic mass is 16.5. The summed E-state index contributed by atoms with van der Waals surface area (Å²) in [6.07, 6.45) is 3.51. The predicted octanol–water partition coefficient (Wildman–Crippen LogP) is 3.06. The van der Waals surface area contributed by atoms with Crippen LogP contribution < -0.4 is 14.8 Å². The average molecular weight is 445 g/mol. The van der Waals surface area contributed by atoms with Gasteiger partial charge in [-0.25, -0.2) is 0 Å². The lowest BCUT2D eigenvalue weighted by molar-refractivity contribution is -0.116. The lowest BCUT2D eigenvalue weighted by Gasteiger charge is -2.25. The largest absolute Gasteiger partial charge is 0.490 e. The summed E-state index contributed by atoms with van der Waals surface area (Å²) in [6, 6.07) is 9.37. The van der Waals surface area contributed by atoms with E-state index >= 15 is 0 Å². The molecule has 0 saturated carbocycles. The molecular formula is C23H23N7O3. The van der Waals surface area contributed by atoms with Crippen molar-refractivity contribution in [2.45, 2.75) is 26.2 Å². The Kier molecular flexibility index (Phi) is 5.25. The van der Waals surface area contributed by atoms with Crippen molar-refractivity contribution in [3.05, 3.63) is 66.1 Å². The Morgan fingerprint density at radius 2 is 2.09 bits per heavy atom. The monoisotopic (exact) mass is 445 g/mol. The molecule has 1 amide bonds. The zero-order valence-corrected chi connectivity index (χ0v) is 18.4. The van der Waals surface area contributed by atoms with Gasteiger partial charge in [0.25, 0.3) is 0 Å². The molecule has 0 unspecified atom stereocenters. The van der Waals surface area contributed by atoms with Gasteiger partial charge in [-0.2, -0.15) is 14.3 Å². The predicted molar refractivity (Wildman–Crippen MR) is 121 cm³/mol. The van der Waals surface area contributed by atoms with Gasteiger partial charge in [0, 0.05) is 17.9 Å². The lowest BCUT2D eigenvalue weighted by atomic mass is 9.85. The van der Waals surface area contributed by atoms with E-state index in [1.807, 2.05) is 32.0 Å². The standard InChI is InChI=1S/C23H23N7O3/c1-4-10-33-17-7-6-15(11-18(17)32-5-2)16-12-21(31)25-23-22(16)14(3)27-30(23)20-9-8-19-26-24-13-29(19)28-20/h4,6-9,11,13,16H,1,5,10,12H2,2-3H3,(H,25,31)/t16-/m1/s1. The normalized spacial score (nSPS) is 15.2. The van der Waals surface area contributed by atoms with E-state index in [1.54, 1.807) is 27.4 Å². The van der Waals surface area contributed by atoms with Crippen LogP contribution in [-0.4, -0.2) is 48.7 Å². The molecule has 0 bridgehead atoms. The van der Waals surface area contributed by atoms with E-state index in [0.29, 0.717) is 48.4 Å². The molecule has 0 aliphatic carbocycles. The maximum Gasteiger partial charge on any atom is 0.226 e. The molecule has 1 atom stereocenters. The number of carbonyl (C=O) groups excluding carboxylic acids is 1. The Balaban J connectivity index is 1.59. The Morgan fingerprint density at radius 1 is 1.21 bits per heavy atom. The summed E-state index contributed by atoms with van der Waals surface area (Å²) in [4.78, 5) is 12.7. The molecule has 5 rings (SSSR count). The average Bonchev–Trinajstić information content (AvgIpc) is 3.41. The molecule has 0 fully saturated rings. The highest BCUT2D eigenvalue weighted by Crippen LogP contribution is 2.42. The molecule has 0 radical (unpaired) electrons. The van der Waals surface area contributed by atoms with Gasteiger partial charge >= 0.3 is 0 Å². The quantitative estimate of drug-likeness (QED) is 0.436. The highest BCUT2D eigenvalue weighted by molar-refractivity contribution is 5.95. The number of nitrogens with one attached hydrogen (secondary N) is 1. The zero-order chi connectivity index (χ0) is 22.9. The maximum atomic E-state index is 12.7. The minimum absolute atomic E-state index is 0.0935. The highest BCUT2D eigenvalue weighted by Gasteiger charge is 2.33. The van der Waals surface area contributed by atoms with Crippen molar-refractivity contribution in [1.82, 2.24) is 29.6 Å². The first kappa shape index (κ1) is 20.7. The van der Waals surface area contributed by atoms with Gasteiger partial charge < -0.3 is 14.8 Å². The third kappa shape index (κ3) is 3.69. The van der Waals surface area contributed by atoms with Gasteiger partial charge in [0.05, 0.1) is 12.3 Å². The summed E-state index contributed by atoms with van der Waals surface area (Å²) >= 11 is 0. The van der Waals surface area contributed by atoms with Crippen molar-refractivity contribution in [2.24, 2.45) is 0 Å². The topological polar surface area (TPSA) is 108 Å². The summed E-state index contributed by atoms with van der Waals surface area (Å²) in [5, 5.41) is 20.1. The van der Waals surface area contributed by atoms with Crippen LogP contribution in [0.3, 0.4) is 0 Å². The fourth-order valence-corrected chi connectivity index (χ4v) is 4.11. The molecule has 0 spiro atoms. The number of hydrogen-bond acceptors (Lipinski definition) is 7. The van der Waals surface area contributed by atoms with E-state index < -0.39 is 0 Å². The van der Waals surface area contributed by atoms with Crippen molar-refractivity contribution in [1.29, 1.82) is 0 Å².